The molecular formula is C16H13ClFN3O. The van der Waals surface area contributed by atoms with Crippen molar-refractivity contribution in [3.05, 3.63) is 40.9 Å². The number of benzene rings is 1. The molecule has 112 valence electrons. The van der Waals surface area contributed by atoms with Crippen molar-refractivity contribution >= 4 is 22.8 Å². The van der Waals surface area contributed by atoms with E-state index in [0.29, 0.717) is 21.9 Å². The van der Waals surface area contributed by atoms with Crippen LogP contribution in [0.25, 0.3) is 22.4 Å². The molecule has 4 nitrogen and oxygen atoms in total. The van der Waals surface area contributed by atoms with E-state index in [1.165, 1.54) is 0 Å². The number of nitrogens with one attached hydrogen (secondary N) is 1. The van der Waals surface area contributed by atoms with E-state index in [4.69, 9.17) is 11.6 Å². The molecule has 3 aromatic rings. The van der Waals surface area contributed by atoms with Crippen molar-refractivity contribution in [3.63, 3.8) is 0 Å². The predicted molar refractivity (Wildman–Crippen MR) is 82.9 cm³/mol. The lowest BCUT2D eigenvalue weighted by Crippen LogP contribution is -2.08. The van der Waals surface area contributed by atoms with Crippen molar-refractivity contribution in [3.8, 4) is 17.3 Å². The molecule has 6 heteroatoms. The van der Waals surface area contributed by atoms with E-state index in [1.807, 2.05) is 24.3 Å². The maximum absolute atomic E-state index is 13.1. The second kappa shape index (κ2) is 4.68. The third-order valence-corrected chi connectivity index (χ3v) is 4.58. The molecule has 2 N–H and O–H groups in total. The number of alkyl halides is 1. The normalized spacial score (nSPS) is 16.1. The number of hydrogen-bond acceptors (Lipinski definition) is 3. The van der Waals surface area contributed by atoms with Crippen molar-refractivity contribution in [2.24, 2.45) is 0 Å². The summed E-state index contributed by atoms with van der Waals surface area (Å²) in [5.74, 6) is 0. The van der Waals surface area contributed by atoms with E-state index in [1.54, 1.807) is 6.07 Å². The number of imidazole rings is 1. The van der Waals surface area contributed by atoms with Crippen LogP contribution in [0, 0.1) is 0 Å². The largest absolute Gasteiger partial charge is 0.480 e. The van der Waals surface area contributed by atoms with Crippen molar-refractivity contribution in [2.75, 3.05) is 6.67 Å². The van der Waals surface area contributed by atoms with E-state index < -0.39 is 0 Å². The SMILES string of the molecule is Oc1nc2nc(-c3ccc(C4(CF)CC4)cc3)c(Cl)cc2[nH]1. The van der Waals surface area contributed by atoms with Gasteiger partial charge in [0.05, 0.1) is 22.9 Å². The van der Waals surface area contributed by atoms with Gasteiger partial charge in [0.15, 0.2) is 5.65 Å². The number of aromatic amines is 1. The Kier molecular flexibility index (Phi) is 2.87. The third kappa shape index (κ3) is 2.04. The number of aromatic nitrogens is 3. The second-order valence-corrected chi connectivity index (χ2v) is 6.15. The molecule has 0 saturated heterocycles. The van der Waals surface area contributed by atoms with Crippen molar-refractivity contribution in [1.82, 2.24) is 15.0 Å². The number of nitrogens with zero attached hydrogens (tertiary/aromatic N) is 2. The molecule has 0 aliphatic heterocycles. The molecule has 1 aliphatic rings. The summed E-state index contributed by atoms with van der Waals surface area (Å²) in [7, 11) is 0. The van der Waals surface area contributed by atoms with Crippen LogP contribution in [0.5, 0.6) is 6.01 Å². The van der Waals surface area contributed by atoms with Crippen LogP contribution in [-0.2, 0) is 5.41 Å². The highest BCUT2D eigenvalue weighted by atomic mass is 35.5. The highest BCUT2D eigenvalue weighted by molar-refractivity contribution is 6.33. The maximum atomic E-state index is 13.1. The fraction of sp³-hybridized carbons (Fsp3) is 0.250. The Morgan fingerprint density at radius 1 is 1.23 bits per heavy atom. The highest BCUT2D eigenvalue weighted by Gasteiger charge is 2.44. The molecule has 0 spiro atoms. The summed E-state index contributed by atoms with van der Waals surface area (Å²) < 4.78 is 13.1. The van der Waals surface area contributed by atoms with Crippen LogP contribution in [0.2, 0.25) is 5.02 Å². The van der Waals surface area contributed by atoms with Crippen LogP contribution in [0.1, 0.15) is 18.4 Å². The molecule has 1 aromatic carbocycles. The van der Waals surface area contributed by atoms with Crippen molar-refractivity contribution in [1.29, 1.82) is 0 Å². The van der Waals surface area contributed by atoms with Crippen LogP contribution in [0.4, 0.5) is 4.39 Å². The first-order valence-corrected chi connectivity index (χ1v) is 7.41. The number of pyridine rings is 1. The van der Waals surface area contributed by atoms with Gasteiger partial charge in [-0.15, -0.1) is 0 Å². The number of rotatable bonds is 3. The first-order valence-electron chi connectivity index (χ1n) is 7.03. The zero-order valence-corrected chi connectivity index (χ0v) is 12.4. The van der Waals surface area contributed by atoms with E-state index >= 15 is 0 Å². The van der Waals surface area contributed by atoms with Gasteiger partial charge in [-0.25, -0.2) is 4.98 Å². The molecule has 2 heterocycles. The number of aromatic hydroxyl groups is 1. The lowest BCUT2D eigenvalue weighted by molar-refractivity contribution is 0.418. The number of H-pyrrole nitrogens is 1. The van der Waals surface area contributed by atoms with Gasteiger partial charge in [0, 0.05) is 11.0 Å². The van der Waals surface area contributed by atoms with Gasteiger partial charge < -0.3 is 10.1 Å². The summed E-state index contributed by atoms with van der Waals surface area (Å²) in [6.45, 7) is -0.316. The fourth-order valence-electron chi connectivity index (χ4n) is 2.74. The number of hydrogen-bond donors (Lipinski definition) is 2. The molecule has 0 unspecified atom stereocenters. The van der Waals surface area contributed by atoms with E-state index in [-0.39, 0.29) is 18.1 Å². The van der Waals surface area contributed by atoms with E-state index in [0.717, 1.165) is 24.0 Å². The predicted octanol–water partition coefficient (Wildman–Crippen LogP) is 3.99. The van der Waals surface area contributed by atoms with Gasteiger partial charge in [0.2, 0.25) is 0 Å². The third-order valence-electron chi connectivity index (χ3n) is 4.29. The van der Waals surface area contributed by atoms with Gasteiger partial charge in [-0.05, 0) is 24.5 Å². The monoisotopic (exact) mass is 317 g/mol. The Morgan fingerprint density at radius 2 is 1.95 bits per heavy atom. The lowest BCUT2D eigenvalue weighted by atomic mass is 9.96. The zero-order chi connectivity index (χ0) is 15.3. The minimum Gasteiger partial charge on any atom is -0.480 e. The summed E-state index contributed by atoms with van der Waals surface area (Å²) in [5.41, 5.74) is 3.17. The van der Waals surface area contributed by atoms with Crippen LogP contribution < -0.4 is 0 Å². The Bertz CT molecular complexity index is 856. The molecular weight excluding hydrogens is 305 g/mol. The van der Waals surface area contributed by atoms with Crippen molar-refractivity contribution < 1.29 is 9.50 Å². The molecule has 0 bridgehead atoms. The standard InChI is InChI=1S/C16H13ClFN3O/c17-11-7-12-14(21-15(22)19-12)20-13(11)9-1-3-10(4-2-9)16(8-18)5-6-16/h1-4,7H,5-6,8H2,(H2,19,20,21,22). The smallest absolute Gasteiger partial charge is 0.293 e. The Hall–Kier alpha value is -2.14. The van der Waals surface area contributed by atoms with E-state index in [2.05, 4.69) is 15.0 Å². The first-order chi connectivity index (χ1) is 10.6. The van der Waals surface area contributed by atoms with Gasteiger partial charge >= 0.3 is 0 Å². The van der Waals surface area contributed by atoms with Crippen molar-refractivity contribution in [2.45, 2.75) is 18.3 Å². The molecule has 1 saturated carbocycles. The fourth-order valence-corrected chi connectivity index (χ4v) is 3.00. The molecule has 4 rings (SSSR count). The summed E-state index contributed by atoms with van der Waals surface area (Å²) >= 11 is 6.26. The quantitative estimate of drug-likeness (QED) is 0.768. The zero-order valence-electron chi connectivity index (χ0n) is 11.6. The Balaban J connectivity index is 1.76. The topological polar surface area (TPSA) is 61.8 Å². The molecule has 0 amide bonds. The Morgan fingerprint density at radius 3 is 2.59 bits per heavy atom. The van der Waals surface area contributed by atoms with Gasteiger partial charge in [0.1, 0.15) is 0 Å². The number of fused-ring (bicyclic) bond motifs is 1. The summed E-state index contributed by atoms with van der Waals surface area (Å²) in [6, 6.07) is 9.17. The van der Waals surface area contributed by atoms with Gasteiger partial charge in [-0.3, -0.25) is 4.39 Å². The molecule has 1 fully saturated rings. The highest BCUT2D eigenvalue weighted by Crippen LogP contribution is 2.48. The molecule has 0 atom stereocenters. The summed E-state index contributed by atoms with van der Waals surface area (Å²) in [6.07, 6.45) is 1.81. The molecule has 2 aromatic heterocycles. The number of halogens is 2. The Labute approximate surface area is 131 Å². The molecule has 0 radical (unpaired) electrons. The van der Waals surface area contributed by atoms with Crippen LogP contribution >= 0.6 is 11.6 Å². The average Bonchev–Trinajstić information content (AvgIpc) is 3.24. The maximum Gasteiger partial charge on any atom is 0.293 e. The van der Waals surface area contributed by atoms with Crippen LogP contribution in [0.3, 0.4) is 0 Å². The van der Waals surface area contributed by atoms with Crippen LogP contribution in [0.15, 0.2) is 30.3 Å². The van der Waals surface area contributed by atoms with E-state index in [9.17, 15) is 9.50 Å². The first kappa shape index (κ1) is 13.5. The average molecular weight is 318 g/mol. The lowest BCUT2D eigenvalue weighted by Gasteiger charge is -2.11. The molecule has 22 heavy (non-hydrogen) atoms. The summed E-state index contributed by atoms with van der Waals surface area (Å²) in [5, 5.41) is 9.85. The second-order valence-electron chi connectivity index (χ2n) is 5.74. The molecule has 1 aliphatic carbocycles. The van der Waals surface area contributed by atoms with Gasteiger partial charge in [-0.2, -0.15) is 4.98 Å². The van der Waals surface area contributed by atoms with Crippen LogP contribution in [-0.4, -0.2) is 26.7 Å². The minimum atomic E-state index is -0.316. The minimum absolute atomic E-state index is 0.190. The van der Waals surface area contributed by atoms with Gasteiger partial charge in [0.25, 0.3) is 6.01 Å². The van der Waals surface area contributed by atoms with Gasteiger partial charge in [-0.1, -0.05) is 35.9 Å². The summed E-state index contributed by atoms with van der Waals surface area (Å²) in [4.78, 5) is 11.0.